The van der Waals surface area contributed by atoms with Gasteiger partial charge in [-0.1, -0.05) is 37.3 Å². The van der Waals surface area contributed by atoms with Gasteiger partial charge < -0.3 is 10.4 Å². The van der Waals surface area contributed by atoms with Crippen LogP contribution in [0.2, 0.25) is 0 Å². The highest BCUT2D eigenvalue weighted by Gasteiger charge is 2.16. The number of hydrogen-bond donors (Lipinski definition) is 2. The second-order valence-corrected chi connectivity index (χ2v) is 4.73. The van der Waals surface area contributed by atoms with Crippen LogP contribution >= 0.6 is 0 Å². The maximum Gasteiger partial charge on any atom is 0.0607 e. The van der Waals surface area contributed by atoms with Crippen LogP contribution in [0.5, 0.6) is 0 Å². The molecule has 1 aromatic carbocycles. The maximum absolute atomic E-state index is 9.11. The zero-order valence-electron chi connectivity index (χ0n) is 9.83. The number of rotatable bonds is 5. The third kappa shape index (κ3) is 4.02. The van der Waals surface area contributed by atoms with E-state index in [1.807, 2.05) is 19.9 Å². The molecule has 2 N–H and O–H groups in total. The van der Waals surface area contributed by atoms with Gasteiger partial charge in [-0.05, 0) is 25.3 Å². The summed E-state index contributed by atoms with van der Waals surface area (Å²) in [6.07, 6.45) is 0. The van der Waals surface area contributed by atoms with E-state index in [1.54, 1.807) is 0 Å². The Bertz CT molecular complexity index is 282. The predicted octanol–water partition coefficient (Wildman–Crippen LogP) is 2.15. The first-order chi connectivity index (χ1) is 7.05. The van der Waals surface area contributed by atoms with Crippen LogP contribution in [0.4, 0.5) is 0 Å². The van der Waals surface area contributed by atoms with Crippen LogP contribution < -0.4 is 5.32 Å². The monoisotopic (exact) mass is 207 g/mol. The SMILES string of the molecule is C[C@@H](CNC(C)(C)CO)c1ccccc1. The molecular formula is C13H21NO. The van der Waals surface area contributed by atoms with Gasteiger partial charge in [0.25, 0.3) is 0 Å². The third-order valence-electron chi connectivity index (χ3n) is 2.65. The summed E-state index contributed by atoms with van der Waals surface area (Å²) in [4.78, 5) is 0. The highest BCUT2D eigenvalue weighted by Crippen LogP contribution is 2.14. The van der Waals surface area contributed by atoms with Crippen LogP contribution in [0.3, 0.4) is 0 Å². The quantitative estimate of drug-likeness (QED) is 0.775. The smallest absolute Gasteiger partial charge is 0.0607 e. The highest BCUT2D eigenvalue weighted by molar-refractivity contribution is 5.19. The van der Waals surface area contributed by atoms with Crippen molar-refractivity contribution in [2.75, 3.05) is 13.2 Å². The molecule has 2 nitrogen and oxygen atoms in total. The molecule has 0 aliphatic rings. The van der Waals surface area contributed by atoms with E-state index in [2.05, 4.69) is 36.5 Å². The van der Waals surface area contributed by atoms with Gasteiger partial charge in [0, 0.05) is 12.1 Å². The molecule has 1 rings (SSSR count). The topological polar surface area (TPSA) is 32.3 Å². The summed E-state index contributed by atoms with van der Waals surface area (Å²) in [5.74, 6) is 0.469. The van der Waals surface area contributed by atoms with Gasteiger partial charge in [0.1, 0.15) is 0 Å². The molecule has 0 saturated heterocycles. The normalized spacial score (nSPS) is 13.9. The number of hydrogen-bond acceptors (Lipinski definition) is 2. The Labute approximate surface area is 92.3 Å². The average molecular weight is 207 g/mol. The van der Waals surface area contributed by atoms with Crippen molar-refractivity contribution in [2.24, 2.45) is 0 Å². The first-order valence-electron chi connectivity index (χ1n) is 5.46. The molecule has 0 aliphatic heterocycles. The molecule has 0 bridgehead atoms. The fourth-order valence-corrected chi connectivity index (χ4v) is 1.38. The summed E-state index contributed by atoms with van der Waals surface area (Å²) in [7, 11) is 0. The van der Waals surface area contributed by atoms with E-state index in [0.29, 0.717) is 5.92 Å². The van der Waals surface area contributed by atoms with Gasteiger partial charge in [-0.25, -0.2) is 0 Å². The fourth-order valence-electron chi connectivity index (χ4n) is 1.38. The molecule has 0 fully saturated rings. The molecular weight excluding hydrogens is 186 g/mol. The molecule has 15 heavy (non-hydrogen) atoms. The van der Waals surface area contributed by atoms with Gasteiger partial charge in [-0.15, -0.1) is 0 Å². The first-order valence-corrected chi connectivity index (χ1v) is 5.46. The van der Waals surface area contributed by atoms with E-state index in [4.69, 9.17) is 5.11 Å². The Hall–Kier alpha value is -0.860. The minimum Gasteiger partial charge on any atom is -0.394 e. The van der Waals surface area contributed by atoms with Crippen molar-refractivity contribution in [1.29, 1.82) is 0 Å². The van der Waals surface area contributed by atoms with Crippen LogP contribution in [0.15, 0.2) is 30.3 Å². The van der Waals surface area contributed by atoms with Gasteiger partial charge >= 0.3 is 0 Å². The van der Waals surface area contributed by atoms with Gasteiger partial charge in [0.05, 0.1) is 6.61 Å². The zero-order chi connectivity index (χ0) is 11.3. The second-order valence-electron chi connectivity index (χ2n) is 4.73. The van der Waals surface area contributed by atoms with E-state index in [-0.39, 0.29) is 12.1 Å². The van der Waals surface area contributed by atoms with Gasteiger partial charge in [0.15, 0.2) is 0 Å². The molecule has 0 amide bonds. The average Bonchev–Trinajstić information content (AvgIpc) is 2.27. The molecule has 84 valence electrons. The number of benzene rings is 1. The summed E-state index contributed by atoms with van der Waals surface area (Å²) >= 11 is 0. The van der Waals surface area contributed by atoms with Crippen molar-refractivity contribution in [3.8, 4) is 0 Å². The zero-order valence-corrected chi connectivity index (χ0v) is 9.83. The Balaban J connectivity index is 2.47. The van der Waals surface area contributed by atoms with Crippen molar-refractivity contribution < 1.29 is 5.11 Å². The fraction of sp³-hybridized carbons (Fsp3) is 0.538. The van der Waals surface area contributed by atoms with Gasteiger partial charge in [-0.2, -0.15) is 0 Å². The number of aliphatic hydroxyl groups is 1. The number of nitrogens with one attached hydrogen (secondary N) is 1. The molecule has 0 saturated carbocycles. The molecule has 0 aromatic heterocycles. The summed E-state index contributed by atoms with van der Waals surface area (Å²) in [6, 6.07) is 10.4. The minimum absolute atomic E-state index is 0.161. The molecule has 0 unspecified atom stereocenters. The Morgan fingerprint density at radius 1 is 1.27 bits per heavy atom. The molecule has 1 atom stereocenters. The van der Waals surface area contributed by atoms with Crippen molar-refractivity contribution in [3.05, 3.63) is 35.9 Å². The number of aliphatic hydroxyl groups excluding tert-OH is 1. The van der Waals surface area contributed by atoms with Crippen LogP contribution in [0.25, 0.3) is 0 Å². The molecule has 0 aliphatic carbocycles. The van der Waals surface area contributed by atoms with Crippen LogP contribution in [-0.2, 0) is 0 Å². The van der Waals surface area contributed by atoms with Crippen molar-refractivity contribution >= 4 is 0 Å². The molecule has 0 radical (unpaired) electrons. The Morgan fingerprint density at radius 3 is 2.40 bits per heavy atom. The van der Waals surface area contributed by atoms with E-state index in [1.165, 1.54) is 5.56 Å². The lowest BCUT2D eigenvalue weighted by Crippen LogP contribution is -2.44. The molecule has 1 aromatic rings. The Morgan fingerprint density at radius 2 is 1.87 bits per heavy atom. The highest BCUT2D eigenvalue weighted by atomic mass is 16.3. The molecule has 2 heteroatoms. The van der Waals surface area contributed by atoms with E-state index in [0.717, 1.165) is 6.54 Å². The Kier molecular flexibility index (Phi) is 4.30. The van der Waals surface area contributed by atoms with Crippen LogP contribution in [-0.4, -0.2) is 23.8 Å². The van der Waals surface area contributed by atoms with Gasteiger partial charge in [0.2, 0.25) is 0 Å². The van der Waals surface area contributed by atoms with E-state index in [9.17, 15) is 0 Å². The lowest BCUT2D eigenvalue weighted by Gasteiger charge is -2.25. The van der Waals surface area contributed by atoms with Crippen LogP contribution in [0.1, 0.15) is 32.3 Å². The summed E-state index contributed by atoms with van der Waals surface area (Å²) < 4.78 is 0. The molecule has 0 heterocycles. The van der Waals surface area contributed by atoms with E-state index >= 15 is 0 Å². The lowest BCUT2D eigenvalue weighted by molar-refractivity contribution is 0.187. The van der Waals surface area contributed by atoms with Crippen molar-refractivity contribution in [1.82, 2.24) is 5.32 Å². The van der Waals surface area contributed by atoms with Crippen molar-refractivity contribution in [3.63, 3.8) is 0 Å². The van der Waals surface area contributed by atoms with E-state index < -0.39 is 0 Å². The molecule has 0 spiro atoms. The third-order valence-corrected chi connectivity index (χ3v) is 2.65. The maximum atomic E-state index is 9.11. The predicted molar refractivity (Wildman–Crippen MR) is 64.0 cm³/mol. The largest absolute Gasteiger partial charge is 0.394 e. The standard InChI is InChI=1S/C13H21NO/c1-11(9-14-13(2,3)10-15)12-7-5-4-6-8-12/h4-8,11,14-15H,9-10H2,1-3H3/t11-/m0/s1. The second kappa shape index (κ2) is 5.29. The minimum atomic E-state index is -0.191. The van der Waals surface area contributed by atoms with Crippen LogP contribution in [0, 0.1) is 0 Å². The first kappa shape index (κ1) is 12.2. The lowest BCUT2D eigenvalue weighted by atomic mass is 9.99. The van der Waals surface area contributed by atoms with Crippen molar-refractivity contribution in [2.45, 2.75) is 32.2 Å². The summed E-state index contributed by atoms with van der Waals surface area (Å²) in [5, 5.41) is 12.5. The van der Waals surface area contributed by atoms with Gasteiger partial charge in [-0.3, -0.25) is 0 Å². The summed E-state index contributed by atoms with van der Waals surface area (Å²) in [6.45, 7) is 7.25. The summed E-state index contributed by atoms with van der Waals surface area (Å²) in [5.41, 5.74) is 1.14.